The minimum Gasteiger partial charge on any atom is -0.481 e. The minimum atomic E-state index is -1.28. The highest BCUT2D eigenvalue weighted by atomic mass is 19.1. The molecular weight excluding hydrogens is 684 g/mol. The molecule has 3 aromatic rings. The van der Waals surface area contributed by atoms with Gasteiger partial charge in [0.2, 0.25) is 0 Å². The van der Waals surface area contributed by atoms with Crippen LogP contribution in [0.3, 0.4) is 0 Å². The van der Waals surface area contributed by atoms with Gasteiger partial charge in [0, 0.05) is 29.5 Å². The summed E-state index contributed by atoms with van der Waals surface area (Å²) in [5.41, 5.74) is 1.53. The van der Waals surface area contributed by atoms with E-state index in [0.29, 0.717) is 60.2 Å². The van der Waals surface area contributed by atoms with Crippen molar-refractivity contribution in [3.05, 3.63) is 70.7 Å². The van der Waals surface area contributed by atoms with Crippen LogP contribution in [0.15, 0.2) is 42.5 Å². The van der Waals surface area contributed by atoms with Gasteiger partial charge in [-0.2, -0.15) is 0 Å². The van der Waals surface area contributed by atoms with E-state index in [4.69, 9.17) is 0 Å². The van der Waals surface area contributed by atoms with E-state index in [1.807, 2.05) is 24.3 Å². The van der Waals surface area contributed by atoms with Crippen LogP contribution in [0, 0.1) is 70.9 Å². The summed E-state index contributed by atoms with van der Waals surface area (Å²) in [6.07, 6.45) is 4.24. The molecule has 4 fully saturated rings. The summed E-state index contributed by atoms with van der Waals surface area (Å²) in [5.74, 6) is 5.53. The van der Waals surface area contributed by atoms with E-state index in [1.54, 1.807) is 19.1 Å². The molecular formula is C45H55FN2O6. The molecule has 0 spiro atoms. The average Bonchev–Trinajstić information content (AvgIpc) is 3.48. The second kappa shape index (κ2) is 14.3. The Hall–Kier alpha value is -3.84. The van der Waals surface area contributed by atoms with Gasteiger partial charge in [-0.25, -0.2) is 4.39 Å². The van der Waals surface area contributed by atoms with Gasteiger partial charge >= 0.3 is 5.97 Å². The van der Waals surface area contributed by atoms with Crippen LogP contribution in [0.25, 0.3) is 10.9 Å². The number of anilines is 1. The van der Waals surface area contributed by atoms with Gasteiger partial charge in [0.15, 0.2) is 5.78 Å². The molecule has 4 aliphatic carbocycles. The number of carboxylic acids is 1. The zero-order chi connectivity index (χ0) is 38.7. The van der Waals surface area contributed by atoms with Crippen LogP contribution < -0.4 is 5.32 Å². The second-order valence-corrected chi connectivity index (χ2v) is 17.7. The Morgan fingerprint density at radius 2 is 1.83 bits per heavy atom. The molecule has 5 N–H and O–H groups in total. The molecule has 8 nitrogen and oxygen atoms in total. The number of nitrogens with zero attached hydrogens (tertiary/aromatic N) is 1. The summed E-state index contributed by atoms with van der Waals surface area (Å²) in [7, 11) is 0. The Kier molecular flexibility index (Phi) is 10.2. The third-order valence-electron chi connectivity index (χ3n) is 14.8. The number of aliphatic hydroxyl groups excluding tert-OH is 2. The topological polar surface area (TPSA) is 140 Å². The molecule has 0 bridgehead atoms. The molecule has 0 aliphatic heterocycles. The number of benzene rings is 2. The van der Waals surface area contributed by atoms with Gasteiger partial charge in [-0.1, -0.05) is 56.9 Å². The number of nitrogens with one attached hydrogen (secondary N) is 1. The molecule has 0 amide bonds. The molecule has 10 unspecified atom stereocenters. The van der Waals surface area contributed by atoms with Crippen molar-refractivity contribution >= 4 is 28.3 Å². The monoisotopic (exact) mass is 738 g/mol. The molecule has 11 atom stereocenters. The average molecular weight is 739 g/mol. The lowest BCUT2D eigenvalue weighted by molar-refractivity contribution is -0.211. The second-order valence-electron chi connectivity index (χ2n) is 17.7. The number of para-hydroxylation sites is 1. The first-order chi connectivity index (χ1) is 25.6. The summed E-state index contributed by atoms with van der Waals surface area (Å²) in [4.78, 5) is 28.5. The Bertz CT molecular complexity index is 2020. The summed E-state index contributed by atoms with van der Waals surface area (Å²) in [5, 5.41) is 48.9. The third-order valence-corrected chi connectivity index (χ3v) is 14.8. The zero-order valence-electron chi connectivity index (χ0n) is 32.2. The van der Waals surface area contributed by atoms with Gasteiger partial charge < -0.3 is 25.7 Å². The highest BCUT2D eigenvalue weighted by molar-refractivity contribution is 6.08. The maximum absolute atomic E-state index is 15.5. The van der Waals surface area contributed by atoms with Crippen molar-refractivity contribution in [1.82, 2.24) is 4.98 Å². The molecule has 4 saturated carbocycles. The van der Waals surface area contributed by atoms with Crippen LogP contribution in [0.1, 0.15) is 113 Å². The number of fused-ring (bicyclic) bond motifs is 6. The van der Waals surface area contributed by atoms with Crippen molar-refractivity contribution in [3.8, 4) is 11.8 Å². The summed E-state index contributed by atoms with van der Waals surface area (Å²) in [6, 6.07) is 12.4. The molecule has 288 valence electrons. The maximum Gasteiger partial charge on any atom is 0.303 e. The van der Waals surface area contributed by atoms with Gasteiger partial charge in [-0.15, -0.1) is 0 Å². The molecule has 9 heteroatoms. The molecule has 54 heavy (non-hydrogen) atoms. The normalized spacial score (nSPS) is 34.9. The summed E-state index contributed by atoms with van der Waals surface area (Å²) >= 11 is 0. The number of carboxylic acid groups (broad SMARTS) is 1. The van der Waals surface area contributed by atoms with E-state index in [1.165, 1.54) is 13.0 Å². The highest BCUT2D eigenvalue weighted by Crippen LogP contribution is 2.69. The number of aryl methyl sites for hydroxylation is 1. The van der Waals surface area contributed by atoms with E-state index in [9.17, 15) is 30.0 Å². The van der Waals surface area contributed by atoms with E-state index in [0.717, 1.165) is 30.2 Å². The quantitative estimate of drug-likeness (QED) is 0.117. The van der Waals surface area contributed by atoms with E-state index < -0.39 is 29.6 Å². The number of aromatic nitrogens is 1. The third kappa shape index (κ3) is 6.62. The number of aliphatic carboxylic acids is 1. The number of aliphatic hydroxyl groups is 3. The first-order valence-corrected chi connectivity index (χ1v) is 19.8. The SMILES string of the molecule is CC(=O)c1c(C)nc2ccccc2c1NCc1ccc(C#CC2(O)CCC3(C)C(CC(O)C4C3CC(O)C3(C)C4CC[C@@H]3C(C)CCC(=O)O)C2)cc1F. The number of carbonyl (C=O) groups is 2. The highest BCUT2D eigenvalue weighted by Gasteiger charge is 2.66. The molecule has 1 aromatic heterocycles. The molecule has 1 heterocycles. The predicted octanol–water partition coefficient (Wildman–Crippen LogP) is 7.68. The van der Waals surface area contributed by atoms with Crippen molar-refractivity contribution in [1.29, 1.82) is 0 Å². The maximum atomic E-state index is 15.5. The fourth-order valence-electron chi connectivity index (χ4n) is 11.9. The first-order valence-electron chi connectivity index (χ1n) is 19.8. The largest absolute Gasteiger partial charge is 0.481 e. The lowest BCUT2D eigenvalue weighted by atomic mass is 9.42. The Morgan fingerprint density at radius 1 is 1.07 bits per heavy atom. The van der Waals surface area contributed by atoms with E-state index >= 15 is 4.39 Å². The number of hydrogen-bond donors (Lipinski definition) is 5. The van der Waals surface area contributed by atoms with Gasteiger partial charge in [-0.3, -0.25) is 14.6 Å². The van der Waals surface area contributed by atoms with Crippen LogP contribution in [0.4, 0.5) is 10.1 Å². The lowest BCUT2D eigenvalue weighted by Gasteiger charge is -2.64. The Labute approximate surface area is 318 Å². The van der Waals surface area contributed by atoms with E-state index in [-0.39, 0.29) is 65.1 Å². The molecule has 0 radical (unpaired) electrons. The van der Waals surface area contributed by atoms with Crippen LogP contribution in [0.5, 0.6) is 0 Å². The fraction of sp³-hybridized carbons (Fsp3) is 0.578. The lowest BCUT2D eigenvalue weighted by Crippen LogP contribution is -2.63. The Morgan fingerprint density at radius 3 is 2.56 bits per heavy atom. The van der Waals surface area contributed by atoms with E-state index in [2.05, 4.69) is 42.9 Å². The van der Waals surface area contributed by atoms with Crippen molar-refractivity contribution < 1.29 is 34.4 Å². The van der Waals surface area contributed by atoms with Crippen LogP contribution >= 0.6 is 0 Å². The van der Waals surface area contributed by atoms with Crippen molar-refractivity contribution in [2.75, 3.05) is 5.32 Å². The van der Waals surface area contributed by atoms with Gasteiger partial charge in [0.05, 0.1) is 34.7 Å². The van der Waals surface area contributed by atoms with Crippen molar-refractivity contribution in [3.63, 3.8) is 0 Å². The summed E-state index contributed by atoms with van der Waals surface area (Å²) in [6.45, 7) is 10.0. The number of Topliss-reactive ketones (excluding diaryl/α,β-unsaturated/α-hetero) is 1. The number of halogens is 1. The smallest absolute Gasteiger partial charge is 0.303 e. The number of pyridine rings is 1. The van der Waals surface area contributed by atoms with Crippen molar-refractivity contribution in [2.24, 2.45) is 46.3 Å². The molecule has 0 saturated heterocycles. The molecule has 7 rings (SSSR count). The number of hydrogen-bond acceptors (Lipinski definition) is 7. The zero-order valence-corrected chi connectivity index (χ0v) is 32.2. The Balaban J connectivity index is 1.05. The minimum absolute atomic E-state index is 0.0167. The molecule has 2 aromatic carbocycles. The van der Waals surface area contributed by atoms with Crippen LogP contribution in [0.2, 0.25) is 0 Å². The number of carbonyl (C=O) groups excluding carboxylic acids is 1. The van der Waals surface area contributed by atoms with Crippen LogP contribution in [-0.4, -0.2) is 55.0 Å². The van der Waals surface area contributed by atoms with Crippen LogP contribution in [-0.2, 0) is 11.3 Å². The predicted molar refractivity (Wildman–Crippen MR) is 206 cm³/mol. The van der Waals surface area contributed by atoms with Gasteiger partial charge in [-0.05, 0) is 130 Å². The number of rotatable bonds is 8. The standard InChI is InChI=1S/C45H55FN2O6/c1-25(10-15-39(52)53)32-13-14-33-41-34(22-38(51)44(32,33)5)43(4)18-19-45(54,23-30(43)21-37(41)50)17-16-28-11-12-29(35(46)20-28)24-47-42-31-8-6-7-9-36(31)48-26(2)40(42)27(3)49/h6-9,11-12,20,25,30,32-34,37-38,41,50-51,54H,10,13-15,18-19,21-24H2,1-5H3,(H,47,48)(H,52,53)/t25?,30?,32-,33?,34?,37?,38?,41?,43?,44?,45?/m1/s1. The molecule has 4 aliphatic rings. The van der Waals surface area contributed by atoms with Crippen molar-refractivity contribution in [2.45, 2.75) is 117 Å². The van der Waals surface area contributed by atoms with Gasteiger partial charge in [0.1, 0.15) is 11.4 Å². The first kappa shape index (κ1) is 38.4. The fourth-order valence-corrected chi connectivity index (χ4v) is 11.9. The van der Waals surface area contributed by atoms with Gasteiger partial charge in [0.25, 0.3) is 0 Å². The summed E-state index contributed by atoms with van der Waals surface area (Å²) < 4.78 is 15.5. The number of ketones is 1.